The molecular formula is C12H14N4O3S2. The topological polar surface area (TPSA) is 96.0 Å². The van der Waals surface area contributed by atoms with E-state index < -0.39 is 10.0 Å². The first-order chi connectivity index (χ1) is 9.79. The third-order valence-electron chi connectivity index (χ3n) is 3.32. The molecule has 0 radical (unpaired) electrons. The fourth-order valence-corrected chi connectivity index (χ4v) is 5.39. The van der Waals surface area contributed by atoms with Crippen LogP contribution in [-0.2, 0) is 23.1 Å². The lowest BCUT2D eigenvalue weighted by molar-refractivity contribution is 0.430. The number of H-pyrrole nitrogens is 1. The van der Waals surface area contributed by atoms with E-state index in [-0.39, 0.29) is 22.9 Å². The van der Waals surface area contributed by atoms with E-state index in [1.54, 1.807) is 20.8 Å². The summed E-state index contributed by atoms with van der Waals surface area (Å²) in [5, 5.41) is 0.703. The van der Waals surface area contributed by atoms with E-state index in [2.05, 4.69) is 15.0 Å². The molecule has 21 heavy (non-hydrogen) atoms. The minimum Gasteiger partial charge on any atom is -0.310 e. The quantitative estimate of drug-likeness (QED) is 0.883. The normalized spacial score (nSPS) is 15.4. The molecule has 0 bridgehead atoms. The van der Waals surface area contributed by atoms with Gasteiger partial charge in [-0.15, -0.1) is 11.3 Å². The van der Waals surface area contributed by atoms with Crippen molar-refractivity contribution in [1.29, 1.82) is 0 Å². The smallest absolute Gasteiger partial charge is 0.255 e. The minimum absolute atomic E-state index is 0.0522. The summed E-state index contributed by atoms with van der Waals surface area (Å²) in [5.41, 5.74) is 1.17. The summed E-state index contributed by atoms with van der Waals surface area (Å²) in [6, 6.07) is 0. The molecule has 0 atom stereocenters. The Kier molecular flexibility index (Phi) is 3.23. The fraction of sp³-hybridized carbons (Fsp3) is 0.417. The van der Waals surface area contributed by atoms with E-state index in [4.69, 9.17) is 0 Å². The van der Waals surface area contributed by atoms with Gasteiger partial charge >= 0.3 is 0 Å². The minimum atomic E-state index is -3.65. The third kappa shape index (κ3) is 2.30. The van der Waals surface area contributed by atoms with Crippen molar-refractivity contribution in [3.8, 4) is 0 Å². The zero-order valence-corrected chi connectivity index (χ0v) is 13.4. The summed E-state index contributed by atoms with van der Waals surface area (Å²) in [6.45, 7) is 5.30. The van der Waals surface area contributed by atoms with Crippen molar-refractivity contribution in [1.82, 2.24) is 19.3 Å². The number of nitrogens with zero attached hydrogens (tertiary/aromatic N) is 3. The van der Waals surface area contributed by atoms with Gasteiger partial charge in [0.1, 0.15) is 5.82 Å². The molecule has 3 heterocycles. The Morgan fingerprint density at radius 2 is 1.90 bits per heavy atom. The number of thiazole rings is 1. The summed E-state index contributed by atoms with van der Waals surface area (Å²) in [5.74, 6) is 0.489. The van der Waals surface area contributed by atoms with Gasteiger partial charge in [0.05, 0.1) is 28.5 Å². The highest BCUT2D eigenvalue weighted by atomic mass is 32.2. The Balaban J connectivity index is 2.03. The van der Waals surface area contributed by atoms with Crippen LogP contribution in [0.3, 0.4) is 0 Å². The number of hydrogen-bond acceptors (Lipinski definition) is 6. The van der Waals surface area contributed by atoms with Gasteiger partial charge in [0, 0.05) is 6.54 Å². The fourth-order valence-electron chi connectivity index (χ4n) is 2.40. The molecule has 2 aromatic heterocycles. The highest BCUT2D eigenvalue weighted by molar-refractivity contribution is 7.91. The van der Waals surface area contributed by atoms with Crippen molar-refractivity contribution in [2.75, 3.05) is 0 Å². The van der Waals surface area contributed by atoms with Gasteiger partial charge in [-0.05, 0) is 20.8 Å². The highest BCUT2D eigenvalue weighted by Gasteiger charge is 2.35. The molecule has 9 heteroatoms. The lowest BCUT2D eigenvalue weighted by Crippen LogP contribution is -2.26. The summed E-state index contributed by atoms with van der Waals surface area (Å²) in [7, 11) is -3.65. The van der Waals surface area contributed by atoms with Gasteiger partial charge in [0.25, 0.3) is 15.6 Å². The van der Waals surface area contributed by atoms with Gasteiger partial charge in [0.2, 0.25) is 0 Å². The molecular weight excluding hydrogens is 312 g/mol. The van der Waals surface area contributed by atoms with Crippen molar-refractivity contribution in [2.24, 2.45) is 0 Å². The van der Waals surface area contributed by atoms with Gasteiger partial charge in [0.15, 0.2) is 4.21 Å². The van der Waals surface area contributed by atoms with Crippen LogP contribution in [0.15, 0.2) is 9.00 Å². The van der Waals surface area contributed by atoms with E-state index in [0.717, 1.165) is 11.3 Å². The Hall–Kier alpha value is -1.58. The number of aromatic nitrogens is 3. The predicted molar refractivity (Wildman–Crippen MR) is 77.6 cm³/mol. The summed E-state index contributed by atoms with van der Waals surface area (Å²) < 4.78 is 26.9. The van der Waals surface area contributed by atoms with E-state index in [0.29, 0.717) is 27.8 Å². The van der Waals surface area contributed by atoms with Gasteiger partial charge < -0.3 is 4.98 Å². The molecule has 3 rings (SSSR count). The molecule has 0 aliphatic carbocycles. The summed E-state index contributed by atoms with van der Waals surface area (Å²) in [4.78, 5) is 22.9. The van der Waals surface area contributed by atoms with Crippen molar-refractivity contribution < 1.29 is 8.42 Å². The average molecular weight is 326 g/mol. The number of fused-ring (bicyclic) bond motifs is 1. The maximum atomic E-state index is 12.7. The number of sulfonamides is 1. The maximum Gasteiger partial charge on any atom is 0.255 e. The Morgan fingerprint density at radius 1 is 1.19 bits per heavy atom. The molecule has 0 saturated heterocycles. The molecule has 0 unspecified atom stereocenters. The van der Waals surface area contributed by atoms with Crippen LogP contribution in [0.2, 0.25) is 0 Å². The standard InChI is InChI=1S/C12H14N4O3S2/c1-6-12(20-8(3)13-6)21(18,19)16-4-9-10(5-16)14-7(2)15-11(9)17/h4-5H2,1-3H3,(H,14,15,17). The number of nitrogens with one attached hydrogen (secondary N) is 1. The molecule has 0 saturated carbocycles. The average Bonchev–Trinajstić information content (AvgIpc) is 2.93. The van der Waals surface area contributed by atoms with Crippen LogP contribution in [0.25, 0.3) is 0 Å². The third-order valence-corrected chi connectivity index (χ3v) is 6.77. The molecule has 1 aliphatic rings. The molecule has 0 fully saturated rings. The SMILES string of the molecule is Cc1nc2c(c(=O)[nH]1)CN(S(=O)(=O)c1sc(C)nc1C)C2. The van der Waals surface area contributed by atoms with Crippen molar-refractivity contribution in [3.63, 3.8) is 0 Å². The van der Waals surface area contributed by atoms with Gasteiger partial charge in [-0.25, -0.2) is 18.4 Å². The zero-order chi connectivity index (χ0) is 15.4. The van der Waals surface area contributed by atoms with E-state index in [9.17, 15) is 13.2 Å². The van der Waals surface area contributed by atoms with Crippen molar-refractivity contribution >= 4 is 21.4 Å². The largest absolute Gasteiger partial charge is 0.310 e. The van der Waals surface area contributed by atoms with E-state index in [1.807, 2.05) is 0 Å². The Morgan fingerprint density at radius 3 is 2.52 bits per heavy atom. The Labute approximate surface area is 125 Å². The molecule has 2 aromatic rings. The second-order valence-corrected chi connectivity index (χ2v) is 8.29. The molecule has 1 aliphatic heterocycles. The van der Waals surface area contributed by atoms with Crippen LogP contribution < -0.4 is 5.56 Å². The van der Waals surface area contributed by atoms with E-state index >= 15 is 0 Å². The van der Waals surface area contributed by atoms with Crippen LogP contribution in [0, 0.1) is 20.8 Å². The van der Waals surface area contributed by atoms with Crippen molar-refractivity contribution in [2.45, 2.75) is 38.1 Å². The Bertz CT molecular complexity index is 882. The number of hydrogen-bond donors (Lipinski definition) is 1. The number of aromatic amines is 1. The van der Waals surface area contributed by atoms with E-state index in [1.165, 1.54) is 4.31 Å². The van der Waals surface area contributed by atoms with Gasteiger partial charge in [-0.1, -0.05) is 0 Å². The van der Waals surface area contributed by atoms with Crippen LogP contribution in [0.4, 0.5) is 0 Å². The lowest BCUT2D eigenvalue weighted by Gasteiger charge is -2.13. The predicted octanol–water partition coefficient (Wildman–Crippen LogP) is 0.856. The molecule has 1 N–H and O–H groups in total. The molecule has 0 spiro atoms. The maximum absolute atomic E-state index is 12.7. The monoisotopic (exact) mass is 326 g/mol. The van der Waals surface area contributed by atoms with Crippen LogP contribution >= 0.6 is 11.3 Å². The zero-order valence-electron chi connectivity index (χ0n) is 11.8. The first-order valence-electron chi connectivity index (χ1n) is 6.32. The van der Waals surface area contributed by atoms with Crippen LogP contribution in [-0.4, -0.2) is 27.7 Å². The summed E-state index contributed by atoms with van der Waals surface area (Å²) >= 11 is 1.15. The number of aryl methyl sites for hydroxylation is 3. The summed E-state index contributed by atoms with van der Waals surface area (Å²) in [6.07, 6.45) is 0. The molecule has 112 valence electrons. The molecule has 0 aromatic carbocycles. The highest BCUT2D eigenvalue weighted by Crippen LogP contribution is 2.30. The lowest BCUT2D eigenvalue weighted by atomic mass is 10.3. The van der Waals surface area contributed by atoms with Gasteiger partial charge in [-0.2, -0.15) is 4.31 Å². The molecule has 7 nitrogen and oxygen atoms in total. The molecule has 0 amide bonds. The second-order valence-electron chi connectivity index (χ2n) is 4.96. The first kappa shape index (κ1) is 14.4. The van der Waals surface area contributed by atoms with Crippen LogP contribution in [0.1, 0.15) is 27.8 Å². The second kappa shape index (κ2) is 4.72. The van der Waals surface area contributed by atoms with Crippen LogP contribution in [0.5, 0.6) is 0 Å². The first-order valence-corrected chi connectivity index (χ1v) is 8.57. The number of rotatable bonds is 2. The van der Waals surface area contributed by atoms with Gasteiger partial charge in [-0.3, -0.25) is 4.79 Å². The van der Waals surface area contributed by atoms with Crippen molar-refractivity contribution in [3.05, 3.63) is 38.1 Å².